The lowest BCUT2D eigenvalue weighted by atomic mass is 10.1. The first-order chi connectivity index (χ1) is 16.5. The van der Waals surface area contributed by atoms with E-state index < -0.39 is 0 Å². The standard InChI is InChI=1S/C26H24ClNO5S/c1-31-12-6-11-28-25(29)23(34-26(28)30)15-17-13-21(27)24(22(14-17)32-2)33-16-19-9-5-8-18-7-3-4-10-20(18)19/h3-5,7-10,13-15H,6,11-12,16H2,1-2H3/b23-15+. The van der Waals surface area contributed by atoms with Crippen molar-refractivity contribution < 1.29 is 23.8 Å². The summed E-state index contributed by atoms with van der Waals surface area (Å²) >= 11 is 7.45. The van der Waals surface area contributed by atoms with Gasteiger partial charge >= 0.3 is 0 Å². The van der Waals surface area contributed by atoms with Gasteiger partial charge < -0.3 is 14.2 Å². The third kappa shape index (κ3) is 5.22. The lowest BCUT2D eigenvalue weighted by molar-refractivity contribution is -0.122. The zero-order chi connectivity index (χ0) is 24.1. The van der Waals surface area contributed by atoms with E-state index in [1.54, 1.807) is 25.3 Å². The highest BCUT2D eigenvalue weighted by atomic mass is 35.5. The van der Waals surface area contributed by atoms with Crippen molar-refractivity contribution in [1.82, 2.24) is 4.90 Å². The van der Waals surface area contributed by atoms with Crippen LogP contribution in [0.1, 0.15) is 17.5 Å². The van der Waals surface area contributed by atoms with Gasteiger partial charge in [0.1, 0.15) is 6.61 Å². The molecule has 1 aliphatic rings. The first kappa shape index (κ1) is 24.1. The van der Waals surface area contributed by atoms with Crippen molar-refractivity contribution in [3.05, 3.63) is 75.7 Å². The zero-order valence-corrected chi connectivity index (χ0v) is 20.4. The molecule has 0 unspecified atom stereocenters. The molecule has 1 aliphatic heterocycles. The Labute approximate surface area is 207 Å². The third-order valence-corrected chi connectivity index (χ3v) is 6.59. The van der Waals surface area contributed by atoms with Gasteiger partial charge in [-0.05, 0) is 58.3 Å². The maximum absolute atomic E-state index is 12.7. The van der Waals surface area contributed by atoms with Crippen molar-refractivity contribution in [1.29, 1.82) is 0 Å². The summed E-state index contributed by atoms with van der Waals surface area (Å²) in [6.45, 7) is 1.12. The highest BCUT2D eigenvalue weighted by Gasteiger charge is 2.34. The van der Waals surface area contributed by atoms with E-state index in [1.165, 1.54) is 12.0 Å². The molecule has 6 nitrogen and oxygen atoms in total. The van der Waals surface area contributed by atoms with E-state index in [2.05, 4.69) is 18.2 Å². The second-order valence-electron chi connectivity index (χ2n) is 7.64. The third-order valence-electron chi connectivity index (χ3n) is 5.41. The van der Waals surface area contributed by atoms with Crippen molar-refractivity contribution in [3.63, 3.8) is 0 Å². The number of amides is 2. The molecule has 176 valence electrons. The van der Waals surface area contributed by atoms with Gasteiger partial charge in [-0.1, -0.05) is 54.1 Å². The number of carbonyl (C=O) groups is 2. The molecule has 0 radical (unpaired) electrons. The zero-order valence-electron chi connectivity index (χ0n) is 18.9. The summed E-state index contributed by atoms with van der Waals surface area (Å²) in [5.41, 5.74) is 1.67. The summed E-state index contributed by atoms with van der Waals surface area (Å²) < 4.78 is 16.6. The van der Waals surface area contributed by atoms with E-state index in [-0.39, 0.29) is 11.1 Å². The minimum atomic E-state index is -0.322. The molecule has 1 saturated heterocycles. The number of imide groups is 1. The van der Waals surface area contributed by atoms with E-state index in [0.29, 0.717) is 53.2 Å². The van der Waals surface area contributed by atoms with Gasteiger partial charge in [-0.15, -0.1) is 0 Å². The molecule has 3 aromatic rings. The molecule has 0 aromatic heterocycles. The molecule has 34 heavy (non-hydrogen) atoms. The fourth-order valence-corrected chi connectivity index (χ4v) is 4.88. The number of halogens is 1. The maximum atomic E-state index is 12.7. The molecule has 0 saturated carbocycles. The normalized spacial score (nSPS) is 14.9. The second-order valence-corrected chi connectivity index (χ2v) is 9.04. The first-order valence-corrected chi connectivity index (χ1v) is 11.9. The molecule has 0 spiro atoms. The lowest BCUT2D eigenvalue weighted by Crippen LogP contribution is -2.29. The van der Waals surface area contributed by atoms with Crippen LogP contribution >= 0.6 is 23.4 Å². The quantitative estimate of drug-likeness (QED) is 0.261. The minimum absolute atomic E-state index is 0.291. The van der Waals surface area contributed by atoms with Crippen LogP contribution in [0.4, 0.5) is 4.79 Å². The van der Waals surface area contributed by atoms with Gasteiger partial charge in [-0.25, -0.2) is 0 Å². The van der Waals surface area contributed by atoms with Crippen LogP contribution in [0, 0.1) is 0 Å². The summed E-state index contributed by atoms with van der Waals surface area (Å²) in [7, 11) is 3.12. The van der Waals surface area contributed by atoms with Gasteiger partial charge in [0.2, 0.25) is 0 Å². The van der Waals surface area contributed by atoms with Crippen LogP contribution in [-0.2, 0) is 16.1 Å². The van der Waals surface area contributed by atoms with Crippen LogP contribution in [0.5, 0.6) is 11.5 Å². The Morgan fingerprint density at radius 2 is 1.85 bits per heavy atom. The molecule has 1 heterocycles. The highest BCUT2D eigenvalue weighted by molar-refractivity contribution is 8.18. The number of methoxy groups -OCH3 is 2. The number of ether oxygens (including phenoxy) is 3. The number of carbonyl (C=O) groups excluding carboxylic acids is 2. The van der Waals surface area contributed by atoms with Gasteiger partial charge in [-0.2, -0.15) is 0 Å². The number of hydrogen-bond acceptors (Lipinski definition) is 6. The van der Waals surface area contributed by atoms with E-state index in [0.717, 1.165) is 28.1 Å². The summed E-state index contributed by atoms with van der Waals surface area (Å²) in [4.78, 5) is 26.5. The van der Waals surface area contributed by atoms with Crippen molar-refractivity contribution in [2.45, 2.75) is 13.0 Å². The van der Waals surface area contributed by atoms with Crippen molar-refractivity contribution in [2.24, 2.45) is 0 Å². The molecule has 4 rings (SSSR count). The monoisotopic (exact) mass is 497 g/mol. The Bertz CT molecular complexity index is 1250. The summed E-state index contributed by atoms with van der Waals surface area (Å²) in [5.74, 6) is 0.540. The average Bonchev–Trinajstić information content (AvgIpc) is 3.10. The maximum Gasteiger partial charge on any atom is 0.293 e. The predicted molar refractivity (Wildman–Crippen MR) is 135 cm³/mol. The SMILES string of the molecule is COCCCN1C(=O)S/C(=C/c2cc(Cl)c(OCc3cccc4ccccc34)c(OC)c2)C1=O. The van der Waals surface area contributed by atoms with Gasteiger partial charge in [0.05, 0.1) is 17.0 Å². The lowest BCUT2D eigenvalue weighted by Gasteiger charge is -2.14. The molecule has 0 bridgehead atoms. The van der Waals surface area contributed by atoms with Crippen LogP contribution in [0.15, 0.2) is 59.5 Å². The number of nitrogens with zero attached hydrogens (tertiary/aromatic N) is 1. The molecular weight excluding hydrogens is 474 g/mol. The average molecular weight is 498 g/mol. The molecule has 0 aliphatic carbocycles. The van der Waals surface area contributed by atoms with Gasteiger partial charge in [0, 0.05) is 20.3 Å². The highest BCUT2D eigenvalue weighted by Crippen LogP contribution is 2.39. The van der Waals surface area contributed by atoms with Crippen LogP contribution in [0.2, 0.25) is 5.02 Å². The van der Waals surface area contributed by atoms with E-state index >= 15 is 0 Å². The van der Waals surface area contributed by atoms with E-state index in [1.807, 2.05) is 24.3 Å². The van der Waals surface area contributed by atoms with E-state index in [4.69, 9.17) is 25.8 Å². The Hall–Kier alpha value is -3.00. The van der Waals surface area contributed by atoms with Crippen LogP contribution in [0.3, 0.4) is 0 Å². The second kappa shape index (κ2) is 11.0. The fraction of sp³-hybridized carbons (Fsp3) is 0.231. The smallest absolute Gasteiger partial charge is 0.293 e. The largest absolute Gasteiger partial charge is 0.493 e. The summed E-state index contributed by atoms with van der Waals surface area (Å²) in [6.07, 6.45) is 2.23. The molecule has 0 N–H and O–H groups in total. The molecule has 1 fully saturated rings. The topological polar surface area (TPSA) is 65.1 Å². The van der Waals surface area contributed by atoms with Crippen molar-refractivity contribution in [3.8, 4) is 11.5 Å². The number of benzene rings is 3. The summed E-state index contributed by atoms with van der Waals surface area (Å²) in [5, 5.41) is 2.30. The van der Waals surface area contributed by atoms with Crippen LogP contribution in [0.25, 0.3) is 16.8 Å². The predicted octanol–water partition coefficient (Wildman–Crippen LogP) is 6.15. The Morgan fingerprint density at radius 1 is 1.06 bits per heavy atom. The Balaban J connectivity index is 1.54. The van der Waals surface area contributed by atoms with Gasteiger partial charge in [-0.3, -0.25) is 14.5 Å². The van der Waals surface area contributed by atoms with Gasteiger partial charge in [0.25, 0.3) is 11.1 Å². The van der Waals surface area contributed by atoms with Crippen LogP contribution < -0.4 is 9.47 Å². The fourth-order valence-electron chi connectivity index (χ4n) is 3.74. The Morgan fingerprint density at radius 3 is 2.65 bits per heavy atom. The number of hydrogen-bond donors (Lipinski definition) is 0. The first-order valence-electron chi connectivity index (χ1n) is 10.7. The van der Waals surface area contributed by atoms with Crippen molar-refractivity contribution >= 4 is 51.4 Å². The van der Waals surface area contributed by atoms with Gasteiger partial charge in [0.15, 0.2) is 11.5 Å². The molecule has 0 atom stereocenters. The number of fused-ring (bicyclic) bond motifs is 1. The van der Waals surface area contributed by atoms with E-state index in [9.17, 15) is 9.59 Å². The molecule has 3 aromatic carbocycles. The molecule has 2 amide bonds. The van der Waals surface area contributed by atoms with Crippen LogP contribution in [-0.4, -0.2) is 43.4 Å². The molecular formula is C26H24ClNO5S. The minimum Gasteiger partial charge on any atom is -0.493 e. The number of rotatable bonds is 9. The Kier molecular flexibility index (Phi) is 7.77. The number of thioether (sulfide) groups is 1. The molecule has 8 heteroatoms. The summed E-state index contributed by atoms with van der Waals surface area (Å²) in [6, 6.07) is 17.6. The van der Waals surface area contributed by atoms with Crippen molar-refractivity contribution in [2.75, 3.05) is 27.4 Å².